The molecule has 8 heteroatoms. The lowest BCUT2D eigenvalue weighted by Gasteiger charge is -2.36. The van der Waals surface area contributed by atoms with Crippen LogP contribution in [0.25, 0.3) is 0 Å². The van der Waals surface area contributed by atoms with Crippen LogP contribution >= 0.6 is 0 Å². The molecule has 1 aliphatic rings. The number of benzene rings is 2. The molecule has 2 aromatic rings. The molecule has 3 rings (SSSR count). The Morgan fingerprint density at radius 1 is 1.13 bits per heavy atom. The molecule has 0 unspecified atom stereocenters. The summed E-state index contributed by atoms with van der Waals surface area (Å²) in [6.07, 6.45) is 0.112. The summed E-state index contributed by atoms with van der Waals surface area (Å²) >= 11 is 0. The maximum Gasteiger partial charge on any atom is 0.305 e. The lowest BCUT2D eigenvalue weighted by Crippen LogP contribution is -2.41. The SMILES string of the molecule is COc1cc2c(cc1OC)[C@@H](CC(=O)O)N(S(=O)(=O)c1ccc(C(C)C)cc1)CC2. The highest BCUT2D eigenvalue weighted by molar-refractivity contribution is 7.89. The van der Waals surface area contributed by atoms with Crippen molar-refractivity contribution >= 4 is 16.0 Å². The first-order valence-corrected chi connectivity index (χ1v) is 11.2. The molecule has 1 aliphatic heterocycles. The molecule has 1 heterocycles. The first kappa shape index (κ1) is 22.1. The first-order valence-electron chi connectivity index (χ1n) is 9.77. The van der Waals surface area contributed by atoms with E-state index in [1.54, 1.807) is 36.4 Å². The number of aliphatic carboxylic acids is 1. The normalized spacial score (nSPS) is 16.9. The van der Waals surface area contributed by atoms with E-state index in [1.807, 2.05) is 13.8 Å². The lowest BCUT2D eigenvalue weighted by molar-refractivity contribution is -0.138. The fraction of sp³-hybridized carbons (Fsp3) is 0.409. The quantitative estimate of drug-likeness (QED) is 0.717. The third-order valence-electron chi connectivity index (χ3n) is 5.47. The number of hydrogen-bond donors (Lipinski definition) is 1. The van der Waals surface area contributed by atoms with E-state index in [0.29, 0.717) is 23.5 Å². The van der Waals surface area contributed by atoms with Gasteiger partial charge in [0, 0.05) is 6.54 Å². The largest absolute Gasteiger partial charge is 0.493 e. The zero-order valence-corrected chi connectivity index (χ0v) is 18.4. The van der Waals surface area contributed by atoms with E-state index in [-0.39, 0.29) is 23.8 Å². The molecule has 0 saturated carbocycles. The van der Waals surface area contributed by atoms with Crippen molar-refractivity contribution in [2.45, 2.75) is 43.5 Å². The minimum absolute atomic E-state index is 0.159. The Hall–Kier alpha value is -2.58. The maximum atomic E-state index is 13.4. The molecule has 162 valence electrons. The number of carbonyl (C=O) groups is 1. The van der Waals surface area contributed by atoms with Gasteiger partial charge < -0.3 is 14.6 Å². The second kappa shape index (κ2) is 8.65. The maximum absolute atomic E-state index is 13.4. The molecular weight excluding hydrogens is 406 g/mol. The summed E-state index contributed by atoms with van der Waals surface area (Å²) in [6.45, 7) is 4.26. The first-order chi connectivity index (χ1) is 14.2. The van der Waals surface area contributed by atoms with Gasteiger partial charge in [0.15, 0.2) is 11.5 Å². The van der Waals surface area contributed by atoms with Crippen LogP contribution in [0.3, 0.4) is 0 Å². The third-order valence-corrected chi connectivity index (χ3v) is 7.40. The van der Waals surface area contributed by atoms with E-state index in [0.717, 1.165) is 11.1 Å². The van der Waals surface area contributed by atoms with E-state index in [4.69, 9.17) is 9.47 Å². The number of nitrogens with zero attached hydrogens (tertiary/aromatic N) is 1. The molecule has 1 atom stereocenters. The number of hydrogen-bond acceptors (Lipinski definition) is 5. The lowest BCUT2D eigenvalue weighted by atomic mass is 9.92. The van der Waals surface area contributed by atoms with Crippen LogP contribution in [-0.2, 0) is 21.2 Å². The van der Waals surface area contributed by atoms with Crippen molar-refractivity contribution in [3.8, 4) is 11.5 Å². The van der Waals surface area contributed by atoms with Crippen LogP contribution in [0.15, 0.2) is 41.3 Å². The number of carboxylic acid groups (broad SMARTS) is 1. The number of sulfonamides is 1. The number of ether oxygens (including phenoxy) is 2. The molecule has 0 amide bonds. The third kappa shape index (κ3) is 4.15. The van der Waals surface area contributed by atoms with Gasteiger partial charge in [0.2, 0.25) is 10.0 Å². The average molecular weight is 434 g/mol. The standard InChI is InChI=1S/C22H27NO6S/c1-14(2)15-5-7-17(8-6-15)30(26,27)23-10-9-16-11-20(28-3)21(29-4)12-18(16)19(23)13-22(24)25/h5-8,11-12,14,19H,9-10,13H2,1-4H3,(H,24,25)/t19-/m1/s1. The summed E-state index contributed by atoms with van der Waals surface area (Å²) in [5.41, 5.74) is 2.53. The molecule has 7 nitrogen and oxygen atoms in total. The van der Waals surface area contributed by atoms with E-state index >= 15 is 0 Å². The van der Waals surface area contributed by atoms with Crippen LogP contribution in [0.5, 0.6) is 11.5 Å². The monoisotopic (exact) mass is 433 g/mol. The minimum atomic E-state index is -3.88. The van der Waals surface area contributed by atoms with Gasteiger partial charge in [-0.1, -0.05) is 26.0 Å². The summed E-state index contributed by atoms with van der Waals surface area (Å²) in [5, 5.41) is 9.49. The molecule has 0 fully saturated rings. The highest BCUT2D eigenvalue weighted by atomic mass is 32.2. The predicted molar refractivity (Wildman–Crippen MR) is 113 cm³/mol. The van der Waals surface area contributed by atoms with Crippen LogP contribution in [-0.4, -0.2) is 44.6 Å². The average Bonchev–Trinajstić information content (AvgIpc) is 2.72. The number of rotatable bonds is 7. The molecule has 0 saturated heterocycles. The summed E-state index contributed by atoms with van der Waals surface area (Å²) in [7, 11) is -0.862. The fourth-order valence-electron chi connectivity index (χ4n) is 3.83. The van der Waals surface area contributed by atoms with Gasteiger partial charge >= 0.3 is 5.97 Å². The second-order valence-electron chi connectivity index (χ2n) is 7.61. The van der Waals surface area contributed by atoms with Crippen molar-refractivity contribution in [1.29, 1.82) is 0 Å². The smallest absolute Gasteiger partial charge is 0.305 e. The van der Waals surface area contributed by atoms with E-state index in [2.05, 4.69) is 0 Å². The fourth-order valence-corrected chi connectivity index (χ4v) is 5.44. The van der Waals surface area contributed by atoms with Crippen molar-refractivity contribution in [2.24, 2.45) is 0 Å². The molecule has 2 aromatic carbocycles. The molecule has 0 aromatic heterocycles. The molecule has 0 spiro atoms. The van der Waals surface area contributed by atoms with Gasteiger partial charge in [-0.2, -0.15) is 4.31 Å². The summed E-state index contributed by atoms with van der Waals surface area (Å²) in [5.74, 6) is 0.182. The van der Waals surface area contributed by atoms with Gasteiger partial charge in [0.25, 0.3) is 0 Å². The van der Waals surface area contributed by atoms with Gasteiger partial charge in [-0.25, -0.2) is 8.42 Å². The molecular formula is C22H27NO6S. The summed E-state index contributed by atoms with van der Waals surface area (Å²) in [6, 6.07) is 9.43. The van der Waals surface area contributed by atoms with Crippen LogP contribution in [0.1, 0.15) is 48.9 Å². The van der Waals surface area contributed by atoms with Gasteiger partial charge in [0.1, 0.15) is 0 Å². The molecule has 0 radical (unpaired) electrons. The van der Waals surface area contributed by atoms with Crippen molar-refractivity contribution in [1.82, 2.24) is 4.31 Å². The van der Waals surface area contributed by atoms with Crippen LogP contribution < -0.4 is 9.47 Å². The van der Waals surface area contributed by atoms with Gasteiger partial charge in [-0.3, -0.25) is 4.79 Å². The van der Waals surface area contributed by atoms with Gasteiger partial charge in [0.05, 0.1) is 31.6 Å². The molecule has 0 aliphatic carbocycles. The molecule has 30 heavy (non-hydrogen) atoms. The van der Waals surface area contributed by atoms with E-state index in [9.17, 15) is 18.3 Å². The predicted octanol–water partition coefficient (Wildman–Crippen LogP) is 3.59. The highest BCUT2D eigenvalue weighted by Crippen LogP contribution is 2.41. The number of methoxy groups -OCH3 is 2. The zero-order chi connectivity index (χ0) is 22.1. The highest BCUT2D eigenvalue weighted by Gasteiger charge is 2.38. The Morgan fingerprint density at radius 3 is 2.27 bits per heavy atom. The topological polar surface area (TPSA) is 93.1 Å². The van der Waals surface area contributed by atoms with E-state index < -0.39 is 22.0 Å². The Labute approximate surface area is 177 Å². The Kier molecular flexibility index (Phi) is 6.38. The van der Waals surface area contributed by atoms with Gasteiger partial charge in [-0.15, -0.1) is 0 Å². The van der Waals surface area contributed by atoms with Crippen LogP contribution in [0.4, 0.5) is 0 Å². The van der Waals surface area contributed by atoms with E-state index in [1.165, 1.54) is 18.5 Å². The van der Waals surface area contributed by atoms with Crippen LogP contribution in [0.2, 0.25) is 0 Å². The van der Waals surface area contributed by atoms with Crippen molar-refractivity contribution < 1.29 is 27.8 Å². The van der Waals surface area contributed by atoms with Crippen LogP contribution in [0, 0.1) is 0 Å². The molecule has 0 bridgehead atoms. The number of fused-ring (bicyclic) bond motifs is 1. The summed E-state index contributed by atoms with van der Waals surface area (Å²) < 4.78 is 38.8. The van der Waals surface area contributed by atoms with Crippen molar-refractivity contribution in [2.75, 3.05) is 20.8 Å². The zero-order valence-electron chi connectivity index (χ0n) is 17.6. The van der Waals surface area contributed by atoms with Crippen molar-refractivity contribution in [3.05, 3.63) is 53.1 Å². The number of carboxylic acids is 1. The Morgan fingerprint density at radius 2 is 1.73 bits per heavy atom. The molecule has 1 N–H and O–H groups in total. The second-order valence-corrected chi connectivity index (χ2v) is 9.50. The minimum Gasteiger partial charge on any atom is -0.493 e. The summed E-state index contributed by atoms with van der Waals surface area (Å²) in [4.78, 5) is 11.8. The van der Waals surface area contributed by atoms with Gasteiger partial charge in [-0.05, 0) is 53.3 Å². The Bertz CT molecular complexity index is 1030. The Balaban J connectivity index is 2.07. The van der Waals surface area contributed by atoms with Crippen molar-refractivity contribution in [3.63, 3.8) is 0 Å².